The van der Waals surface area contributed by atoms with Crippen LogP contribution in [0.25, 0.3) is 0 Å². The highest BCUT2D eigenvalue weighted by atomic mass is 35.5. The molecule has 1 amide bonds. The number of hydrogen-bond donors (Lipinski definition) is 2. The van der Waals surface area contributed by atoms with Crippen molar-refractivity contribution in [2.75, 3.05) is 6.61 Å². The van der Waals surface area contributed by atoms with Gasteiger partial charge in [0.05, 0.1) is 0 Å². The summed E-state index contributed by atoms with van der Waals surface area (Å²) < 4.78 is 0. The number of amides is 1. The van der Waals surface area contributed by atoms with E-state index in [9.17, 15) is 4.79 Å². The summed E-state index contributed by atoms with van der Waals surface area (Å²) in [5, 5.41) is 12.0. The Morgan fingerprint density at radius 1 is 1.56 bits per heavy atom. The lowest BCUT2D eigenvalue weighted by atomic mass is 10.1. The van der Waals surface area contributed by atoms with Crippen molar-refractivity contribution in [3.05, 3.63) is 29.0 Å². The summed E-state index contributed by atoms with van der Waals surface area (Å²) in [5.74, 6) is -0.279. The lowest BCUT2D eigenvalue weighted by Gasteiger charge is -2.18. The fourth-order valence-corrected chi connectivity index (χ4v) is 1.28. The Morgan fingerprint density at radius 2 is 2.25 bits per heavy atom. The summed E-state index contributed by atoms with van der Waals surface area (Å²) in [7, 11) is 0. The van der Waals surface area contributed by atoms with Crippen molar-refractivity contribution in [1.29, 1.82) is 0 Å². The van der Waals surface area contributed by atoms with Crippen LogP contribution in [-0.2, 0) is 0 Å². The number of rotatable bonds is 4. The number of aromatic nitrogens is 1. The molecule has 1 aromatic rings. The van der Waals surface area contributed by atoms with Gasteiger partial charge in [-0.1, -0.05) is 24.6 Å². The van der Waals surface area contributed by atoms with Crippen LogP contribution in [0.1, 0.15) is 24.3 Å². The van der Waals surface area contributed by atoms with E-state index in [0.717, 1.165) is 0 Å². The van der Waals surface area contributed by atoms with Gasteiger partial charge in [0.1, 0.15) is 10.8 Å². The predicted octanol–water partition coefficient (Wildman–Crippen LogP) is 1.48. The van der Waals surface area contributed by atoms with Crippen LogP contribution in [0.15, 0.2) is 18.2 Å². The third kappa shape index (κ3) is 3.47. The van der Waals surface area contributed by atoms with Crippen LogP contribution in [0.4, 0.5) is 0 Å². The molecule has 2 unspecified atom stereocenters. The number of pyridine rings is 1. The van der Waals surface area contributed by atoms with E-state index >= 15 is 0 Å². The largest absolute Gasteiger partial charge is 0.396 e. The molecule has 1 rings (SSSR count). The molecule has 0 aromatic carbocycles. The Bertz CT molecular complexity index is 371. The molecule has 0 saturated heterocycles. The smallest absolute Gasteiger partial charge is 0.270 e. The van der Waals surface area contributed by atoms with Crippen molar-refractivity contribution in [2.24, 2.45) is 5.92 Å². The second-order valence-corrected chi connectivity index (χ2v) is 4.15. The number of nitrogens with one attached hydrogen (secondary N) is 1. The van der Waals surface area contributed by atoms with Crippen molar-refractivity contribution in [2.45, 2.75) is 19.9 Å². The highest BCUT2D eigenvalue weighted by Gasteiger charge is 2.15. The number of aliphatic hydroxyl groups is 1. The monoisotopic (exact) mass is 242 g/mol. The van der Waals surface area contributed by atoms with E-state index in [2.05, 4.69) is 10.3 Å². The van der Waals surface area contributed by atoms with E-state index in [1.165, 1.54) is 0 Å². The lowest BCUT2D eigenvalue weighted by molar-refractivity contribution is 0.0911. The minimum atomic E-state index is -0.282. The quantitative estimate of drug-likeness (QED) is 0.787. The number of carbonyl (C=O) groups excluding carboxylic acids is 1. The molecule has 2 atom stereocenters. The van der Waals surface area contributed by atoms with Gasteiger partial charge >= 0.3 is 0 Å². The van der Waals surface area contributed by atoms with Gasteiger partial charge in [-0.15, -0.1) is 0 Å². The van der Waals surface area contributed by atoms with Crippen LogP contribution in [-0.4, -0.2) is 28.6 Å². The van der Waals surface area contributed by atoms with Gasteiger partial charge in [-0.2, -0.15) is 0 Å². The van der Waals surface area contributed by atoms with Crippen LogP contribution >= 0.6 is 11.6 Å². The van der Waals surface area contributed by atoms with Crippen molar-refractivity contribution in [3.8, 4) is 0 Å². The average Bonchev–Trinajstić information content (AvgIpc) is 2.27. The fraction of sp³-hybridized carbons (Fsp3) is 0.455. The molecular formula is C11H15ClN2O2. The predicted molar refractivity (Wildman–Crippen MR) is 62.4 cm³/mol. The zero-order valence-corrected chi connectivity index (χ0v) is 10.0. The Kier molecular flexibility index (Phi) is 4.71. The first kappa shape index (κ1) is 12.9. The van der Waals surface area contributed by atoms with E-state index in [1.807, 2.05) is 13.8 Å². The molecule has 5 heteroatoms. The van der Waals surface area contributed by atoms with E-state index in [4.69, 9.17) is 16.7 Å². The first-order valence-electron chi connectivity index (χ1n) is 5.09. The van der Waals surface area contributed by atoms with Gasteiger partial charge in [0.2, 0.25) is 0 Å². The van der Waals surface area contributed by atoms with Gasteiger partial charge in [-0.25, -0.2) is 4.98 Å². The second-order valence-electron chi connectivity index (χ2n) is 3.77. The summed E-state index contributed by atoms with van der Waals surface area (Å²) in [6.07, 6.45) is 0. The molecule has 0 spiro atoms. The van der Waals surface area contributed by atoms with Crippen molar-refractivity contribution >= 4 is 17.5 Å². The average molecular weight is 243 g/mol. The standard InChI is InChI=1S/C11H15ClN2O2/c1-7(6-15)8(2)13-11(16)9-4-3-5-10(12)14-9/h3-5,7-8,15H,6H2,1-2H3,(H,13,16). The summed E-state index contributed by atoms with van der Waals surface area (Å²) in [6, 6.07) is 4.76. The van der Waals surface area contributed by atoms with Gasteiger partial charge in [0.15, 0.2) is 0 Å². The molecule has 0 fully saturated rings. The zero-order valence-electron chi connectivity index (χ0n) is 9.27. The van der Waals surface area contributed by atoms with Gasteiger partial charge in [-0.05, 0) is 25.0 Å². The highest BCUT2D eigenvalue weighted by Crippen LogP contribution is 2.06. The molecule has 0 aliphatic rings. The Hall–Kier alpha value is -1.13. The Morgan fingerprint density at radius 3 is 2.81 bits per heavy atom. The minimum Gasteiger partial charge on any atom is -0.396 e. The van der Waals surface area contributed by atoms with Gasteiger partial charge in [0.25, 0.3) is 5.91 Å². The number of aliphatic hydroxyl groups excluding tert-OH is 1. The molecule has 4 nitrogen and oxygen atoms in total. The number of carbonyl (C=O) groups is 1. The maximum Gasteiger partial charge on any atom is 0.270 e. The lowest BCUT2D eigenvalue weighted by Crippen LogP contribution is -2.38. The van der Waals surface area contributed by atoms with Crippen LogP contribution in [0.5, 0.6) is 0 Å². The zero-order chi connectivity index (χ0) is 12.1. The highest BCUT2D eigenvalue weighted by molar-refractivity contribution is 6.29. The number of halogens is 1. The fourth-order valence-electron chi connectivity index (χ4n) is 1.12. The van der Waals surface area contributed by atoms with Gasteiger partial charge in [0, 0.05) is 12.6 Å². The van der Waals surface area contributed by atoms with Gasteiger partial charge in [-0.3, -0.25) is 4.79 Å². The van der Waals surface area contributed by atoms with E-state index < -0.39 is 0 Å². The molecule has 0 bridgehead atoms. The number of nitrogens with zero attached hydrogens (tertiary/aromatic N) is 1. The normalized spacial score (nSPS) is 14.2. The molecule has 0 radical (unpaired) electrons. The first-order chi connectivity index (χ1) is 7.54. The molecule has 1 aromatic heterocycles. The summed E-state index contributed by atoms with van der Waals surface area (Å²) in [6.45, 7) is 3.73. The van der Waals surface area contributed by atoms with Crippen molar-refractivity contribution in [1.82, 2.24) is 10.3 Å². The van der Waals surface area contributed by atoms with Gasteiger partial charge < -0.3 is 10.4 Å². The molecule has 16 heavy (non-hydrogen) atoms. The van der Waals surface area contributed by atoms with Crippen molar-refractivity contribution in [3.63, 3.8) is 0 Å². The van der Waals surface area contributed by atoms with E-state index in [1.54, 1.807) is 18.2 Å². The topological polar surface area (TPSA) is 62.2 Å². The molecule has 0 aliphatic carbocycles. The van der Waals surface area contributed by atoms with Crippen LogP contribution in [0.3, 0.4) is 0 Å². The summed E-state index contributed by atoms with van der Waals surface area (Å²) in [5.41, 5.74) is 0.282. The molecule has 88 valence electrons. The molecule has 0 aliphatic heterocycles. The molecule has 0 saturated carbocycles. The Labute approximate surface area is 99.6 Å². The minimum absolute atomic E-state index is 0.00290. The van der Waals surface area contributed by atoms with Crippen LogP contribution < -0.4 is 5.32 Å². The molecular weight excluding hydrogens is 228 g/mol. The van der Waals surface area contributed by atoms with E-state index in [-0.39, 0.29) is 35.3 Å². The number of hydrogen-bond acceptors (Lipinski definition) is 3. The first-order valence-corrected chi connectivity index (χ1v) is 5.46. The maximum atomic E-state index is 11.7. The van der Waals surface area contributed by atoms with Crippen LogP contribution in [0, 0.1) is 5.92 Å². The Balaban J connectivity index is 2.66. The summed E-state index contributed by atoms with van der Waals surface area (Å²) in [4.78, 5) is 15.6. The molecule has 2 N–H and O–H groups in total. The third-order valence-corrected chi connectivity index (χ3v) is 2.66. The maximum absolute atomic E-state index is 11.7. The summed E-state index contributed by atoms with van der Waals surface area (Å²) >= 11 is 5.68. The SMILES string of the molecule is CC(CO)C(C)NC(=O)c1cccc(Cl)n1. The second kappa shape index (κ2) is 5.82. The van der Waals surface area contributed by atoms with Crippen molar-refractivity contribution < 1.29 is 9.90 Å². The third-order valence-electron chi connectivity index (χ3n) is 2.45. The van der Waals surface area contributed by atoms with E-state index in [0.29, 0.717) is 0 Å². The molecule has 1 heterocycles. The van der Waals surface area contributed by atoms with Crippen LogP contribution in [0.2, 0.25) is 5.15 Å².